The number of benzene rings is 1. The Hall–Kier alpha value is -1.55. The second-order valence-electron chi connectivity index (χ2n) is 6.20. The lowest BCUT2D eigenvalue weighted by Gasteiger charge is -2.33. The molecular weight excluding hydrogens is 260 g/mol. The average molecular weight is 286 g/mol. The van der Waals surface area contributed by atoms with E-state index in [1.807, 2.05) is 0 Å². The summed E-state index contributed by atoms with van der Waals surface area (Å²) in [5.41, 5.74) is 3.70. The van der Waals surface area contributed by atoms with E-state index < -0.39 is 0 Å². The maximum atomic E-state index is 4.95. The average Bonchev–Trinajstić information content (AvgIpc) is 2.83. The second kappa shape index (κ2) is 6.06. The van der Waals surface area contributed by atoms with Crippen molar-refractivity contribution in [2.75, 3.05) is 38.1 Å². The number of unbranched alkanes of at least 4 members (excludes halogenated alkanes) is 1. The summed E-state index contributed by atoms with van der Waals surface area (Å²) in [6, 6.07) is 6.63. The molecule has 0 N–H and O–H groups in total. The van der Waals surface area contributed by atoms with Crippen LogP contribution in [0.5, 0.6) is 0 Å². The topological polar surface area (TPSA) is 24.3 Å². The first-order valence-corrected chi connectivity index (χ1v) is 8.09. The smallest absolute Gasteiger partial charge is 0.206 e. The minimum Gasteiger partial charge on any atom is -0.340 e. The van der Waals surface area contributed by atoms with Crippen molar-refractivity contribution < 1.29 is 0 Å². The maximum Gasteiger partial charge on any atom is 0.206 e. The van der Waals surface area contributed by atoms with Crippen molar-refractivity contribution in [2.24, 2.45) is 0 Å². The van der Waals surface area contributed by atoms with Crippen LogP contribution < -0.4 is 4.90 Å². The van der Waals surface area contributed by atoms with E-state index in [0.717, 1.165) is 44.2 Å². The number of anilines is 1. The van der Waals surface area contributed by atoms with Gasteiger partial charge >= 0.3 is 0 Å². The molecule has 3 rings (SSSR count). The Bertz CT molecular complexity index is 609. The van der Waals surface area contributed by atoms with Gasteiger partial charge in [-0.2, -0.15) is 0 Å². The van der Waals surface area contributed by atoms with Gasteiger partial charge in [-0.05, 0) is 38.1 Å². The van der Waals surface area contributed by atoms with Crippen LogP contribution in [0.1, 0.15) is 25.3 Å². The molecule has 0 unspecified atom stereocenters. The van der Waals surface area contributed by atoms with Gasteiger partial charge in [0.15, 0.2) is 0 Å². The highest BCUT2D eigenvalue weighted by Crippen LogP contribution is 2.25. The molecule has 1 aromatic carbocycles. The zero-order valence-electron chi connectivity index (χ0n) is 13.5. The lowest BCUT2D eigenvalue weighted by Crippen LogP contribution is -2.45. The molecule has 1 aliphatic heterocycles. The number of aromatic nitrogens is 2. The molecule has 0 saturated carbocycles. The second-order valence-corrected chi connectivity index (χ2v) is 6.20. The van der Waals surface area contributed by atoms with Crippen LogP contribution in [0.25, 0.3) is 11.0 Å². The van der Waals surface area contributed by atoms with Crippen LogP contribution in [0.2, 0.25) is 0 Å². The molecule has 0 atom stereocenters. The molecule has 2 heterocycles. The van der Waals surface area contributed by atoms with E-state index in [2.05, 4.69) is 53.5 Å². The molecule has 0 radical (unpaired) electrons. The van der Waals surface area contributed by atoms with Gasteiger partial charge in [-0.1, -0.05) is 19.4 Å². The molecule has 1 aromatic heterocycles. The molecule has 0 spiro atoms. The lowest BCUT2D eigenvalue weighted by atomic mass is 10.2. The van der Waals surface area contributed by atoms with E-state index in [0.29, 0.717) is 0 Å². The van der Waals surface area contributed by atoms with Gasteiger partial charge in [-0.15, -0.1) is 0 Å². The lowest BCUT2D eigenvalue weighted by molar-refractivity contribution is 0.310. The zero-order valence-corrected chi connectivity index (χ0v) is 13.5. The largest absolute Gasteiger partial charge is 0.340 e. The molecule has 0 bridgehead atoms. The van der Waals surface area contributed by atoms with Crippen molar-refractivity contribution in [3.63, 3.8) is 0 Å². The number of rotatable bonds is 4. The van der Waals surface area contributed by atoms with Crippen LogP contribution in [0.3, 0.4) is 0 Å². The number of nitrogens with zero attached hydrogens (tertiary/aromatic N) is 4. The first-order valence-electron chi connectivity index (χ1n) is 8.09. The first-order chi connectivity index (χ1) is 10.2. The van der Waals surface area contributed by atoms with Crippen LogP contribution >= 0.6 is 0 Å². The highest BCUT2D eigenvalue weighted by atomic mass is 15.3. The highest BCUT2D eigenvalue weighted by Gasteiger charge is 2.20. The van der Waals surface area contributed by atoms with Crippen LogP contribution in [-0.2, 0) is 6.54 Å². The Morgan fingerprint density at radius 3 is 2.62 bits per heavy atom. The monoisotopic (exact) mass is 286 g/mol. The van der Waals surface area contributed by atoms with Gasteiger partial charge in [0.1, 0.15) is 0 Å². The van der Waals surface area contributed by atoms with E-state index in [1.165, 1.54) is 23.9 Å². The van der Waals surface area contributed by atoms with E-state index >= 15 is 0 Å². The highest BCUT2D eigenvalue weighted by molar-refractivity contribution is 5.79. The number of aryl methyl sites for hydroxylation is 2. The van der Waals surface area contributed by atoms with Gasteiger partial charge < -0.3 is 14.4 Å². The van der Waals surface area contributed by atoms with Crippen LogP contribution in [0.4, 0.5) is 5.95 Å². The van der Waals surface area contributed by atoms with Gasteiger partial charge in [0.2, 0.25) is 5.95 Å². The molecule has 0 amide bonds. The summed E-state index contributed by atoms with van der Waals surface area (Å²) in [6.07, 6.45) is 2.42. The molecule has 1 aliphatic rings. The van der Waals surface area contributed by atoms with E-state index in [4.69, 9.17) is 4.98 Å². The molecule has 21 heavy (non-hydrogen) atoms. The van der Waals surface area contributed by atoms with Gasteiger partial charge in [0.25, 0.3) is 0 Å². The van der Waals surface area contributed by atoms with E-state index in [1.54, 1.807) is 0 Å². The molecule has 1 fully saturated rings. The Kier molecular flexibility index (Phi) is 4.15. The Labute approximate surface area is 127 Å². The number of hydrogen-bond acceptors (Lipinski definition) is 3. The van der Waals surface area contributed by atoms with E-state index in [9.17, 15) is 0 Å². The molecule has 0 aliphatic carbocycles. The summed E-state index contributed by atoms with van der Waals surface area (Å²) < 4.78 is 2.42. The Morgan fingerprint density at radius 2 is 1.90 bits per heavy atom. The molecular formula is C17H26N4. The Morgan fingerprint density at radius 1 is 1.14 bits per heavy atom. The van der Waals surface area contributed by atoms with Gasteiger partial charge in [0, 0.05) is 32.7 Å². The quantitative estimate of drug-likeness (QED) is 0.864. The molecule has 2 aromatic rings. The fourth-order valence-electron chi connectivity index (χ4n) is 3.01. The van der Waals surface area contributed by atoms with Gasteiger partial charge in [-0.25, -0.2) is 4.98 Å². The predicted octanol–water partition coefficient (Wildman–Crippen LogP) is 2.90. The van der Waals surface area contributed by atoms with Crippen LogP contribution in [0, 0.1) is 6.92 Å². The third-order valence-corrected chi connectivity index (χ3v) is 4.40. The summed E-state index contributed by atoms with van der Waals surface area (Å²) in [5.74, 6) is 1.16. The fraction of sp³-hybridized carbons (Fsp3) is 0.588. The minimum absolute atomic E-state index is 1.07. The number of fused-ring (bicyclic) bond motifs is 1. The van der Waals surface area contributed by atoms with Gasteiger partial charge in [-0.3, -0.25) is 0 Å². The standard InChI is InChI=1S/C17H26N4/c1-4-5-8-21-16-7-6-14(2)13-15(16)18-17(21)20-11-9-19(3)10-12-20/h6-7,13H,4-5,8-12H2,1-3H3. The van der Waals surface area contributed by atoms with Crippen LogP contribution in [-0.4, -0.2) is 47.7 Å². The normalized spacial score (nSPS) is 16.8. The van der Waals surface area contributed by atoms with Crippen molar-refractivity contribution in [3.05, 3.63) is 23.8 Å². The van der Waals surface area contributed by atoms with Crippen molar-refractivity contribution >= 4 is 17.0 Å². The third kappa shape index (κ3) is 2.91. The SMILES string of the molecule is CCCCn1c(N2CCN(C)CC2)nc2cc(C)ccc21. The Balaban J connectivity index is 1.99. The van der Waals surface area contributed by atoms with Crippen molar-refractivity contribution in [2.45, 2.75) is 33.2 Å². The maximum absolute atomic E-state index is 4.95. The number of imidazole rings is 1. The molecule has 114 valence electrons. The number of likely N-dealkylation sites (N-methyl/N-ethyl adjacent to an activating group) is 1. The molecule has 4 heteroatoms. The van der Waals surface area contributed by atoms with Crippen molar-refractivity contribution in [3.8, 4) is 0 Å². The van der Waals surface area contributed by atoms with Crippen molar-refractivity contribution in [1.29, 1.82) is 0 Å². The molecule has 1 saturated heterocycles. The number of piperazine rings is 1. The fourth-order valence-corrected chi connectivity index (χ4v) is 3.01. The number of hydrogen-bond donors (Lipinski definition) is 0. The predicted molar refractivity (Wildman–Crippen MR) is 89.1 cm³/mol. The van der Waals surface area contributed by atoms with Crippen molar-refractivity contribution in [1.82, 2.24) is 14.5 Å². The third-order valence-electron chi connectivity index (χ3n) is 4.40. The zero-order chi connectivity index (χ0) is 14.8. The summed E-state index contributed by atoms with van der Waals surface area (Å²) in [6.45, 7) is 9.85. The minimum atomic E-state index is 1.07. The van der Waals surface area contributed by atoms with Crippen LogP contribution in [0.15, 0.2) is 18.2 Å². The first kappa shape index (κ1) is 14.4. The van der Waals surface area contributed by atoms with E-state index in [-0.39, 0.29) is 0 Å². The summed E-state index contributed by atoms with van der Waals surface area (Å²) in [7, 11) is 2.20. The van der Waals surface area contributed by atoms with Gasteiger partial charge in [0.05, 0.1) is 11.0 Å². The summed E-state index contributed by atoms with van der Waals surface area (Å²) in [5, 5.41) is 0. The summed E-state index contributed by atoms with van der Waals surface area (Å²) in [4.78, 5) is 9.78. The molecule has 4 nitrogen and oxygen atoms in total. The summed E-state index contributed by atoms with van der Waals surface area (Å²) >= 11 is 0.